The Kier molecular flexibility index (Phi) is 13.9. The van der Waals surface area contributed by atoms with E-state index in [4.69, 9.17) is 5.73 Å². The lowest BCUT2D eigenvalue weighted by Gasteiger charge is -2.26. The summed E-state index contributed by atoms with van der Waals surface area (Å²) in [5.74, 6) is -5.29. The zero-order chi connectivity index (χ0) is 36.1. The summed E-state index contributed by atoms with van der Waals surface area (Å²) < 4.78 is 0. The molecule has 3 rings (SSSR count). The minimum absolute atomic E-state index is 0.0200. The van der Waals surface area contributed by atoms with Crippen LogP contribution in [0.3, 0.4) is 0 Å². The fourth-order valence-corrected chi connectivity index (χ4v) is 4.61. The summed E-state index contributed by atoms with van der Waals surface area (Å²) in [6.07, 6.45) is -0.336. The number of aliphatic carboxylic acids is 1. The number of benzene rings is 3. The zero-order valence-corrected chi connectivity index (χ0v) is 26.2. The smallest absolute Gasteiger partial charge is 0.328 e. The molecule has 0 aliphatic rings. The normalized spacial score (nSPS) is 13.9. The van der Waals surface area contributed by atoms with Gasteiger partial charge in [-0.3, -0.25) is 19.2 Å². The highest BCUT2D eigenvalue weighted by atomic mass is 16.4. The number of aromatic hydroxyl groups is 3. The Morgan fingerprint density at radius 1 is 0.490 bits per heavy atom. The molecule has 262 valence electrons. The summed E-state index contributed by atoms with van der Waals surface area (Å²) in [7, 11) is 0. The number of carboxylic acids is 1. The third kappa shape index (κ3) is 11.8. The van der Waals surface area contributed by atoms with Gasteiger partial charge < -0.3 is 57.6 Å². The van der Waals surface area contributed by atoms with E-state index in [1.807, 2.05) is 0 Å². The fraction of sp³-hybridized carbons (Fsp3) is 0.303. The fourth-order valence-electron chi connectivity index (χ4n) is 4.61. The van der Waals surface area contributed by atoms with Crippen molar-refractivity contribution in [1.29, 1.82) is 0 Å². The van der Waals surface area contributed by atoms with Gasteiger partial charge in [0.25, 0.3) is 0 Å². The van der Waals surface area contributed by atoms with Crippen LogP contribution < -0.4 is 27.0 Å². The molecule has 0 unspecified atom stereocenters. The first-order valence-electron chi connectivity index (χ1n) is 15.0. The first-order valence-corrected chi connectivity index (χ1v) is 15.0. The van der Waals surface area contributed by atoms with Gasteiger partial charge in [-0.25, -0.2) is 4.79 Å². The van der Waals surface area contributed by atoms with Crippen molar-refractivity contribution in [1.82, 2.24) is 21.3 Å². The average molecular weight is 682 g/mol. The van der Waals surface area contributed by atoms with Crippen LogP contribution in [-0.4, -0.2) is 104 Å². The first kappa shape index (κ1) is 37.7. The quantitative estimate of drug-likeness (QED) is 0.0750. The van der Waals surface area contributed by atoms with E-state index >= 15 is 0 Å². The number of amides is 4. The van der Waals surface area contributed by atoms with Gasteiger partial charge in [0, 0.05) is 12.8 Å². The topological polar surface area (TPSA) is 281 Å². The minimum atomic E-state index is -1.69. The number of hydrogen-bond donors (Lipinski definition) is 11. The first-order chi connectivity index (χ1) is 23.3. The zero-order valence-electron chi connectivity index (χ0n) is 26.2. The molecule has 0 aromatic heterocycles. The molecule has 0 fully saturated rings. The Hall–Kier alpha value is -5.71. The van der Waals surface area contributed by atoms with Crippen LogP contribution in [-0.2, 0) is 43.2 Å². The second-order valence-electron chi connectivity index (χ2n) is 11.2. The molecule has 12 N–H and O–H groups in total. The van der Waals surface area contributed by atoms with E-state index in [1.165, 1.54) is 60.7 Å². The van der Waals surface area contributed by atoms with E-state index in [-0.39, 0.29) is 36.5 Å². The van der Waals surface area contributed by atoms with Crippen molar-refractivity contribution in [2.45, 2.75) is 49.5 Å². The van der Waals surface area contributed by atoms with Crippen LogP contribution in [0.1, 0.15) is 16.7 Å². The molecule has 0 spiro atoms. The average Bonchev–Trinajstić information content (AvgIpc) is 3.07. The summed E-state index contributed by atoms with van der Waals surface area (Å²) in [6.45, 7) is -1.81. The van der Waals surface area contributed by atoms with E-state index in [1.54, 1.807) is 12.1 Å². The van der Waals surface area contributed by atoms with E-state index < -0.39 is 73.0 Å². The Morgan fingerprint density at radius 2 is 0.796 bits per heavy atom. The number of rotatable bonds is 17. The van der Waals surface area contributed by atoms with Gasteiger partial charge in [0.15, 0.2) is 0 Å². The highest BCUT2D eigenvalue weighted by Gasteiger charge is 2.32. The molecule has 0 bridgehead atoms. The molecule has 0 saturated heterocycles. The Labute approximate surface area is 280 Å². The Bertz CT molecular complexity index is 1580. The van der Waals surface area contributed by atoms with Crippen molar-refractivity contribution in [3.8, 4) is 17.2 Å². The van der Waals surface area contributed by atoms with Crippen LogP contribution >= 0.6 is 0 Å². The van der Waals surface area contributed by atoms with Gasteiger partial charge >= 0.3 is 5.97 Å². The van der Waals surface area contributed by atoms with Crippen LogP contribution in [0.4, 0.5) is 0 Å². The third-order valence-corrected chi connectivity index (χ3v) is 7.36. The molecule has 3 aromatic rings. The van der Waals surface area contributed by atoms with Gasteiger partial charge in [-0.2, -0.15) is 0 Å². The Balaban J connectivity index is 1.82. The van der Waals surface area contributed by atoms with Crippen molar-refractivity contribution in [2.24, 2.45) is 5.73 Å². The van der Waals surface area contributed by atoms with E-state index in [2.05, 4.69) is 21.3 Å². The lowest BCUT2D eigenvalue weighted by atomic mass is 10.0. The molecule has 0 heterocycles. The monoisotopic (exact) mass is 681 g/mol. The number of carbonyl (C=O) groups excluding carboxylic acids is 4. The van der Waals surface area contributed by atoms with Crippen LogP contribution in [0.15, 0.2) is 72.8 Å². The van der Waals surface area contributed by atoms with E-state index in [0.717, 1.165) is 0 Å². The molecule has 5 atom stereocenters. The summed E-state index contributed by atoms with van der Waals surface area (Å²) in [5, 5.41) is 66.9. The number of carboxylic acid groups (broad SMARTS) is 1. The predicted octanol–water partition coefficient (Wildman–Crippen LogP) is -1.83. The van der Waals surface area contributed by atoms with Gasteiger partial charge in [0.2, 0.25) is 23.6 Å². The van der Waals surface area contributed by atoms with Crippen molar-refractivity contribution in [2.75, 3.05) is 13.2 Å². The second-order valence-corrected chi connectivity index (χ2v) is 11.2. The molecule has 0 aliphatic heterocycles. The maximum atomic E-state index is 13.7. The van der Waals surface area contributed by atoms with Crippen LogP contribution in [0, 0.1) is 0 Å². The number of nitrogens with one attached hydrogen (secondary N) is 4. The summed E-state index contributed by atoms with van der Waals surface area (Å²) >= 11 is 0. The molecule has 0 saturated carbocycles. The van der Waals surface area contributed by atoms with Crippen molar-refractivity contribution >= 4 is 29.6 Å². The third-order valence-electron chi connectivity index (χ3n) is 7.36. The SMILES string of the molecule is N[C@@H](Cc1ccc(O)cc1)C(=O)N[C@@H](CO)C(=O)N[C@@H](Cc1ccc(O)cc1)C(=O)N[C@@H](Cc1ccc(O)cc1)C(=O)N[C@@H](CO)C(=O)O. The molecule has 16 nitrogen and oxygen atoms in total. The molecular formula is C33H39N5O11. The molecule has 0 aliphatic carbocycles. The highest BCUT2D eigenvalue weighted by Crippen LogP contribution is 2.15. The summed E-state index contributed by atoms with van der Waals surface area (Å²) in [6, 6.07) is 9.99. The van der Waals surface area contributed by atoms with Crippen LogP contribution in [0.5, 0.6) is 17.2 Å². The van der Waals surface area contributed by atoms with Gasteiger partial charge in [-0.15, -0.1) is 0 Å². The minimum Gasteiger partial charge on any atom is -0.508 e. The maximum absolute atomic E-state index is 13.7. The molecule has 3 aromatic carbocycles. The number of aliphatic hydroxyl groups excluding tert-OH is 2. The van der Waals surface area contributed by atoms with Crippen molar-refractivity contribution in [3.05, 3.63) is 89.5 Å². The standard InChI is InChI=1S/C33H39N5O11/c34-24(13-18-1-7-21(41)8-2-18)29(44)37-27(16-39)32(47)36-25(14-19-3-9-22(42)10-4-19)30(45)35-26(15-20-5-11-23(43)12-6-20)31(46)38-28(17-40)33(48)49/h1-12,24-28,39-43H,13-17,34H2,(H,35,45)(H,36,47)(H,37,44)(H,38,46)(H,48,49)/t24-,25-,26-,27-,28-/m0/s1. The van der Waals surface area contributed by atoms with E-state index in [9.17, 15) is 54.6 Å². The number of phenols is 3. The van der Waals surface area contributed by atoms with Gasteiger partial charge in [-0.1, -0.05) is 36.4 Å². The van der Waals surface area contributed by atoms with Crippen molar-refractivity contribution < 1.29 is 54.6 Å². The van der Waals surface area contributed by atoms with Gasteiger partial charge in [0.1, 0.15) is 41.4 Å². The van der Waals surface area contributed by atoms with Crippen LogP contribution in [0.2, 0.25) is 0 Å². The molecule has 49 heavy (non-hydrogen) atoms. The van der Waals surface area contributed by atoms with E-state index in [0.29, 0.717) is 16.7 Å². The summed E-state index contributed by atoms with van der Waals surface area (Å²) in [5.41, 5.74) is 7.54. The largest absolute Gasteiger partial charge is 0.508 e. The number of aliphatic hydroxyl groups is 2. The molecule has 16 heteroatoms. The number of nitrogens with two attached hydrogens (primary N) is 1. The lowest BCUT2D eigenvalue weighted by Crippen LogP contribution is -2.60. The maximum Gasteiger partial charge on any atom is 0.328 e. The summed E-state index contributed by atoms with van der Waals surface area (Å²) in [4.78, 5) is 64.5. The second kappa shape index (κ2) is 18.0. The molecular weight excluding hydrogens is 642 g/mol. The lowest BCUT2D eigenvalue weighted by molar-refractivity contribution is -0.143. The van der Waals surface area contributed by atoms with Gasteiger partial charge in [-0.05, 0) is 59.5 Å². The predicted molar refractivity (Wildman–Crippen MR) is 173 cm³/mol. The Morgan fingerprint density at radius 3 is 1.14 bits per heavy atom. The number of hydrogen-bond acceptors (Lipinski definition) is 11. The van der Waals surface area contributed by atoms with Gasteiger partial charge in [0.05, 0.1) is 19.3 Å². The number of carbonyl (C=O) groups is 5. The van der Waals surface area contributed by atoms with Crippen LogP contribution in [0.25, 0.3) is 0 Å². The molecule has 4 amide bonds. The number of phenolic OH excluding ortho intramolecular Hbond substituents is 3. The molecule has 0 radical (unpaired) electrons. The highest BCUT2D eigenvalue weighted by molar-refractivity contribution is 5.95. The van der Waals surface area contributed by atoms with Crippen molar-refractivity contribution in [3.63, 3.8) is 0 Å².